The van der Waals surface area contributed by atoms with Gasteiger partial charge >= 0.3 is 0 Å². The minimum absolute atomic E-state index is 0. The van der Waals surface area contributed by atoms with Gasteiger partial charge in [0.2, 0.25) is 0 Å². The lowest BCUT2D eigenvalue weighted by atomic mass is 10.1. The summed E-state index contributed by atoms with van der Waals surface area (Å²) >= 11 is 1.89. The van der Waals surface area contributed by atoms with Crippen molar-refractivity contribution in [3.63, 3.8) is 0 Å². The van der Waals surface area contributed by atoms with E-state index in [-0.39, 0.29) is 30.0 Å². The van der Waals surface area contributed by atoms with Crippen LogP contribution < -0.4 is 10.6 Å². The number of hydrogen-bond acceptors (Lipinski definition) is 4. The Morgan fingerprint density at radius 3 is 2.77 bits per heavy atom. The van der Waals surface area contributed by atoms with Crippen LogP contribution in [0.3, 0.4) is 0 Å². The summed E-state index contributed by atoms with van der Waals surface area (Å²) < 4.78 is 1.97. The molecule has 0 saturated carbocycles. The van der Waals surface area contributed by atoms with E-state index in [4.69, 9.17) is 4.99 Å². The molecule has 0 radical (unpaired) electrons. The first kappa shape index (κ1) is 25.1. The normalized spacial score (nSPS) is 16.5. The van der Waals surface area contributed by atoms with Crippen molar-refractivity contribution < 1.29 is 0 Å². The summed E-state index contributed by atoms with van der Waals surface area (Å²) in [6.45, 7) is 14.7. The van der Waals surface area contributed by atoms with Gasteiger partial charge < -0.3 is 10.6 Å². The number of guanidine groups is 1. The van der Waals surface area contributed by atoms with Gasteiger partial charge in [0, 0.05) is 49.3 Å². The van der Waals surface area contributed by atoms with Gasteiger partial charge in [-0.05, 0) is 70.0 Å². The molecule has 2 aromatic heterocycles. The van der Waals surface area contributed by atoms with Crippen LogP contribution in [0, 0.1) is 13.8 Å². The molecule has 0 bridgehead atoms. The van der Waals surface area contributed by atoms with Gasteiger partial charge in [0.25, 0.3) is 0 Å². The van der Waals surface area contributed by atoms with E-state index in [1.807, 2.05) is 23.1 Å². The number of nitrogens with one attached hydrogen (secondary N) is 2. The second kappa shape index (κ2) is 11.5. The fourth-order valence-corrected chi connectivity index (χ4v) is 4.90. The summed E-state index contributed by atoms with van der Waals surface area (Å²) in [6.07, 6.45) is 2.11. The number of hydrogen-bond donors (Lipinski definition) is 2. The summed E-state index contributed by atoms with van der Waals surface area (Å²) in [6, 6.07) is 2.99. The van der Waals surface area contributed by atoms with Gasteiger partial charge in [-0.15, -0.1) is 35.3 Å². The van der Waals surface area contributed by atoms with E-state index in [1.54, 1.807) is 4.88 Å². The summed E-state index contributed by atoms with van der Waals surface area (Å²) in [5.74, 6) is 0.902. The van der Waals surface area contributed by atoms with Crippen LogP contribution >= 0.6 is 35.3 Å². The van der Waals surface area contributed by atoms with Crippen molar-refractivity contribution >= 4 is 41.3 Å². The Balaban J connectivity index is 0.00000320. The molecule has 0 spiro atoms. The molecular weight excluding hydrogens is 507 g/mol. The smallest absolute Gasteiger partial charge is 0.191 e. The molecular formula is C22H37IN6S. The Labute approximate surface area is 202 Å². The van der Waals surface area contributed by atoms with E-state index in [9.17, 15) is 0 Å². The first-order valence-electron chi connectivity index (χ1n) is 10.7. The van der Waals surface area contributed by atoms with Crippen LogP contribution in [0.1, 0.15) is 48.2 Å². The van der Waals surface area contributed by atoms with Gasteiger partial charge in [0.05, 0.1) is 12.2 Å². The lowest BCUT2D eigenvalue weighted by Crippen LogP contribution is -2.44. The van der Waals surface area contributed by atoms with Crippen LogP contribution in [0.2, 0.25) is 0 Å². The average Bonchev–Trinajstić information content (AvgIpc) is 3.25. The zero-order chi connectivity index (χ0) is 21.0. The first-order valence-corrected chi connectivity index (χ1v) is 11.6. The van der Waals surface area contributed by atoms with Crippen LogP contribution in [-0.2, 0) is 26.4 Å². The Morgan fingerprint density at radius 2 is 2.10 bits per heavy atom. The van der Waals surface area contributed by atoms with E-state index < -0.39 is 0 Å². The third-order valence-electron chi connectivity index (χ3n) is 5.87. The highest BCUT2D eigenvalue weighted by Gasteiger charge is 2.21. The van der Waals surface area contributed by atoms with Gasteiger partial charge in [-0.1, -0.05) is 0 Å². The monoisotopic (exact) mass is 544 g/mol. The zero-order valence-electron chi connectivity index (χ0n) is 19.2. The standard InChI is InChI=1S/C22H36N6S.HI/c1-7-23-22(25-15(2)12-20-17(4)26-27(6)18(20)5)24-13-16(3)28-10-8-21-19(14-28)9-11-29-21;/h9,11,15-16H,7-8,10,12-14H2,1-6H3,(H2,23,24,25);1H. The minimum atomic E-state index is 0. The quantitative estimate of drug-likeness (QED) is 0.318. The third kappa shape index (κ3) is 6.20. The highest BCUT2D eigenvalue weighted by molar-refractivity contribution is 14.0. The molecule has 168 valence electrons. The van der Waals surface area contributed by atoms with Gasteiger partial charge in [-0.3, -0.25) is 14.6 Å². The summed E-state index contributed by atoms with van der Waals surface area (Å²) in [5, 5.41) is 13.7. The highest BCUT2D eigenvalue weighted by Crippen LogP contribution is 2.25. The highest BCUT2D eigenvalue weighted by atomic mass is 127. The predicted octanol–water partition coefficient (Wildman–Crippen LogP) is 3.65. The van der Waals surface area contributed by atoms with Crippen molar-refractivity contribution in [3.8, 4) is 0 Å². The molecule has 0 fully saturated rings. The second-order valence-corrected chi connectivity index (χ2v) is 9.18. The minimum Gasteiger partial charge on any atom is -0.357 e. The lowest BCUT2D eigenvalue weighted by Gasteiger charge is -2.31. The van der Waals surface area contributed by atoms with Crippen molar-refractivity contribution in [1.82, 2.24) is 25.3 Å². The fourth-order valence-electron chi connectivity index (χ4n) is 4.01. The van der Waals surface area contributed by atoms with Crippen LogP contribution in [0.5, 0.6) is 0 Å². The Morgan fingerprint density at radius 1 is 1.33 bits per heavy atom. The summed E-state index contributed by atoms with van der Waals surface area (Å²) in [7, 11) is 2.01. The number of aromatic nitrogens is 2. The van der Waals surface area contributed by atoms with E-state index in [1.165, 1.54) is 23.2 Å². The van der Waals surface area contributed by atoms with E-state index in [0.29, 0.717) is 6.04 Å². The van der Waals surface area contributed by atoms with Crippen molar-refractivity contribution in [1.29, 1.82) is 0 Å². The molecule has 1 aliphatic heterocycles. The molecule has 6 nitrogen and oxygen atoms in total. The summed E-state index contributed by atoms with van der Waals surface area (Å²) in [5.41, 5.74) is 5.19. The van der Waals surface area contributed by atoms with E-state index in [2.05, 4.69) is 66.7 Å². The Hall–Kier alpha value is -1.13. The molecule has 0 amide bonds. The number of fused-ring (bicyclic) bond motifs is 1. The Bertz CT molecular complexity index is 843. The predicted molar refractivity (Wildman–Crippen MR) is 138 cm³/mol. The molecule has 3 rings (SSSR count). The zero-order valence-corrected chi connectivity index (χ0v) is 22.3. The maximum Gasteiger partial charge on any atom is 0.191 e. The number of halogens is 1. The Kier molecular flexibility index (Phi) is 9.62. The number of nitrogens with zero attached hydrogens (tertiary/aromatic N) is 4. The molecule has 0 saturated heterocycles. The van der Waals surface area contributed by atoms with Crippen LogP contribution in [0.15, 0.2) is 16.4 Å². The molecule has 2 N–H and O–H groups in total. The topological polar surface area (TPSA) is 57.5 Å². The number of aliphatic imine (C=N–C) groups is 1. The number of thiophene rings is 1. The summed E-state index contributed by atoms with van der Waals surface area (Å²) in [4.78, 5) is 9.01. The van der Waals surface area contributed by atoms with Gasteiger partial charge in [-0.2, -0.15) is 5.10 Å². The van der Waals surface area contributed by atoms with Crippen LogP contribution in [-0.4, -0.2) is 52.4 Å². The van der Waals surface area contributed by atoms with Gasteiger partial charge in [-0.25, -0.2) is 0 Å². The molecule has 2 aromatic rings. The third-order valence-corrected chi connectivity index (χ3v) is 6.89. The van der Waals surface area contributed by atoms with Gasteiger partial charge in [0.1, 0.15) is 0 Å². The van der Waals surface area contributed by atoms with Crippen LogP contribution in [0.4, 0.5) is 0 Å². The molecule has 2 unspecified atom stereocenters. The SMILES string of the molecule is CCNC(=NCC(C)N1CCc2sccc2C1)NC(C)Cc1c(C)nn(C)c1C.I. The lowest BCUT2D eigenvalue weighted by molar-refractivity contribution is 0.197. The number of aryl methyl sites for hydroxylation is 2. The fraction of sp³-hybridized carbons (Fsp3) is 0.636. The van der Waals surface area contributed by atoms with E-state index >= 15 is 0 Å². The molecule has 8 heteroatoms. The molecule has 2 atom stereocenters. The van der Waals surface area contributed by atoms with Crippen molar-refractivity contribution in [2.45, 2.75) is 66.1 Å². The molecule has 0 aromatic carbocycles. The molecule has 30 heavy (non-hydrogen) atoms. The molecule has 0 aliphatic carbocycles. The number of rotatable bonds is 7. The second-order valence-electron chi connectivity index (χ2n) is 8.18. The average molecular weight is 545 g/mol. The van der Waals surface area contributed by atoms with E-state index in [0.717, 1.165) is 44.3 Å². The largest absolute Gasteiger partial charge is 0.357 e. The maximum atomic E-state index is 4.90. The van der Waals surface area contributed by atoms with Crippen molar-refractivity contribution in [3.05, 3.63) is 38.8 Å². The van der Waals surface area contributed by atoms with Crippen LogP contribution in [0.25, 0.3) is 0 Å². The first-order chi connectivity index (χ1) is 13.9. The molecule has 1 aliphatic rings. The molecule has 3 heterocycles. The van der Waals surface area contributed by atoms with Gasteiger partial charge in [0.15, 0.2) is 5.96 Å². The van der Waals surface area contributed by atoms with Crippen molar-refractivity contribution in [2.75, 3.05) is 19.6 Å². The maximum absolute atomic E-state index is 4.90. The van der Waals surface area contributed by atoms with Crippen molar-refractivity contribution in [2.24, 2.45) is 12.0 Å².